The Bertz CT molecular complexity index is 392. The van der Waals surface area contributed by atoms with E-state index in [9.17, 15) is 14.9 Å². The second-order valence-electron chi connectivity index (χ2n) is 3.17. The fourth-order valence-corrected chi connectivity index (χ4v) is 1.60. The maximum absolute atomic E-state index is 10.9. The Labute approximate surface area is 92.0 Å². The molecule has 1 atom stereocenters. The van der Waals surface area contributed by atoms with Crippen molar-refractivity contribution in [1.29, 1.82) is 0 Å². The molecule has 0 N–H and O–H groups in total. The summed E-state index contributed by atoms with van der Waals surface area (Å²) >= 11 is 5.60. The van der Waals surface area contributed by atoms with Crippen LogP contribution in [0.5, 0.6) is 0 Å². The summed E-state index contributed by atoms with van der Waals surface area (Å²) in [5.74, 6) is -0.427. The molecule has 1 rings (SSSR count). The van der Waals surface area contributed by atoms with Gasteiger partial charge in [-0.25, -0.2) is 0 Å². The van der Waals surface area contributed by atoms with Gasteiger partial charge >= 0.3 is 0 Å². The van der Waals surface area contributed by atoms with Crippen molar-refractivity contribution in [3.8, 4) is 0 Å². The SMILES string of the molecule is CC(C=O)c1cccc(CCl)c1[N+](=O)[O-]. The predicted molar refractivity (Wildman–Crippen MR) is 57.1 cm³/mol. The number of rotatable bonds is 4. The van der Waals surface area contributed by atoms with Gasteiger partial charge in [-0.1, -0.05) is 25.1 Å². The monoisotopic (exact) mass is 227 g/mol. The zero-order valence-corrected chi connectivity index (χ0v) is 8.90. The quantitative estimate of drug-likeness (QED) is 0.344. The molecule has 0 spiro atoms. The third kappa shape index (κ3) is 2.33. The summed E-state index contributed by atoms with van der Waals surface area (Å²) in [6, 6.07) is 4.83. The number of carbonyl (C=O) groups excluding carboxylic acids is 1. The average Bonchev–Trinajstić information content (AvgIpc) is 2.26. The first-order valence-electron chi connectivity index (χ1n) is 4.39. The minimum Gasteiger partial charge on any atom is -0.303 e. The number of hydrogen-bond acceptors (Lipinski definition) is 3. The van der Waals surface area contributed by atoms with Gasteiger partial charge in [-0.15, -0.1) is 11.6 Å². The van der Waals surface area contributed by atoms with Crippen molar-refractivity contribution in [2.75, 3.05) is 0 Å². The van der Waals surface area contributed by atoms with Crippen LogP contribution in [0.25, 0.3) is 0 Å². The number of aldehydes is 1. The van der Waals surface area contributed by atoms with Gasteiger partial charge in [0.05, 0.1) is 10.8 Å². The standard InChI is InChI=1S/C10H10ClNO3/c1-7(6-13)9-4-2-3-8(5-11)10(9)12(14)15/h2-4,6-7H,5H2,1H3. The van der Waals surface area contributed by atoms with Crippen LogP contribution in [-0.4, -0.2) is 11.2 Å². The predicted octanol–water partition coefficient (Wildman–Crippen LogP) is 2.64. The third-order valence-corrected chi connectivity index (χ3v) is 2.46. The highest BCUT2D eigenvalue weighted by Gasteiger charge is 2.22. The number of nitrogens with zero attached hydrogens (tertiary/aromatic N) is 1. The summed E-state index contributed by atoms with van der Waals surface area (Å²) in [5, 5.41) is 10.9. The Morgan fingerprint density at radius 2 is 2.27 bits per heavy atom. The molecule has 0 amide bonds. The summed E-state index contributed by atoms with van der Waals surface area (Å²) in [6.45, 7) is 1.62. The van der Waals surface area contributed by atoms with Crippen LogP contribution in [0.1, 0.15) is 24.0 Å². The van der Waals surface area contributed by atoms with Crippen LogP contribution >= 0.6 is 11.6 Å². The van der Waals surface area contributed by atoms with Gasteiger partial charge in [0.2, 0.25) is 0 Å². The molecule has 0 saturated carbocycles. The van der Waals surface area contributed by atoms with Crippen LogP contribution in [0.3, 0.4) is 0 Å². The molecule has 0 saturated heterocycles. The molecule has 0 aliphatic heterocycles. The minimum absolute atomic E-state index is 0.0490. The molecule has 15 heavy (non-hydrogen) atoms. The lowest BCUT2D eigenvalue weighted by atomic mass is 9.98. The molecule has 0 bridgehead atoms. The highest BCUT2D eigenvalue weighted by molar-refractivity contribution is 6.17. The van der Waals surface area contributed by atoms with Crippen molar-refractivity contribution in [3.63, 3.8) is 0 Å². The molecule has 0 aromatic heterocycles. The van der Waals surface area contributed by atoms with Gasteiger partial charge < -0.3 is 4.79 Å². The first-order valence-corrected chi connectivity index (χ1v) is 4.92. The van der Waals surface area contributed by atoms with E-state index < -0.39 is 10.8 Å². The fourth-order valence-electron chi connectivity index (χ4n) is 1.38. The van der Waals surface area contributed by atoms with E-state index in [4.69, 9.17) is 11.6 Å². The van der Waals surface area contributed by atoms with E-state index in [0.717, 1.165) is 0 Å². The molecule has 5 heteroatoms. The summed E-state index contributed by atoms with van der Waals surface area (Å²) in [5.41, 5.74) is 0.799. The van der Waals surface area contributed by atoms with Crippen LogP contribution in [-0.2, 0) is 10.7 Å². The molecule has 1 aromatic rings. The van der Waals surface area contributed by atoms with E-state index in [1.165, 1.54) is 0 Å². The number of halogens is 1. The Hall–Kier alpha value is -1.42. The Morgan fingerprint density at radius 3 is 2.73 bits per heavy atom. The smallest absolute Gasteiger partial charge is 0.277 e. The third-order valence-electron chi connectivity index (χ3n) is 2.17. The summed E-state index contributed by atoms with van der Waals surface area (Å²) in [6.07, 6.45) is 0.681. The highest BCUT2D eigenvalue weighted by Crippen LogP contribution is 2.29. The van der Waals surface area contributed by atoms with E-state index in [1.54, 1.807) is 25.1 Å². The van der Waals surface area contributed by atoms with Crippen molar-refractivity contribution in [3.05, 3.63) is 39.4 Å². The van der Waals surface area contributed by atoms with Crippen LogP contribution in [0.4, 0.5) is 5.69 Å². The van der Waals surface area contributed by atoms with E-state index in [2.05, 4.69) is 0 Å². The zero-order valence-electron chi connectivity index (χ0n) is 8.14. The average molecular weight is 228 g/mol. The molecule has 1 unspecified atom stereocenters. The lowest BCUT2D eigenvalue weighted by Crippen LogP contribution is -2.03. The number of hydrogen-bond donors (Lipinski definition) is 0. The van der Waals surface area contributed by atoms with Crippen molar-refractivity contribution in [1.82, 2.24) is 0 Å². The van der Waals surface area contributed by atoms with Crippen molar-refractivity contribution < 1.29 is 9.72 Å². The number of benzene rings is 1. The summed E-state index contributed by atoms with van der Waals surface area (Å²) in [4.78, 5) is 21.0. The van der Waals surface area contributed by atoms with Gasteiger partial charge in [-0.3, -0.25) is 10.1 Å². The zero-order chi connectivity index (χ0) is 11.4. The van der Waals surface area contributed by atoms with Crippen molar-refractivity contribution in [2.24, 2.45) is 0 Å². The number of nitro groups is 1. The van der Waals surface area contributed by atoms with Gasteiger partial charge in [0.25, 0.3) is 5.69 Å². The molecule has 0 aliphatic rings. The first-order chi connectivity index (χ1) is 7.11. The van der Waals surface area contributed by atoms with Crippen LogP contribution < -0.4 is 0 Å². The molecule has 0 radical (unpaired) electrons. The molecule has 0 fully saturated rings. The second kappa shape index (κ2) is 4.89. The molecule has 4 nitrogen and oxygen atoms in total. The normalized spacial score (nSPS) is 12.1. The van der Waals surface area contributed by atoms with Gasteiger partial charge in [0.1, 0.15) is 6.29 Å². The largest absolute Gasteiger partial charge is 0.303 e. The van der Waals surface area contributed by atoms with E-state index in [-0.39, 0.29) is 11.6 Å². The van der Waals surface area contributed by atoms with Crippen LogP contribution in [0.2, 0.25) is 0 Å². The van der Waals surface area contributed by atoms with Gasteiger partial charge in [-0.05, 0) is 0 Å². The van der Waals surface area contributed by atoms with E-state index in [0.29, 0.717) is 17.4 Å². The van der Waals surface area contributed by atoms with Gasteiger partial charge in [-0.2, -0.15) is 0 Å². The van der Waals surface area contributed by atoms with Crippen molar-refractivity contribution >= 4 is 23.6 Å². The molecule has 0 aliphatic carbocycles. The number of nitro benzene ring substituents is 1. The Kier molecular flexibility index (Phi) is 3.80. The van der Waals surface area contributed by atoms with Crippen LogP contribution in [0.15, 0.2) is 18.2 Å². The number of carbonyl (C=O) groups is 1. The van der Waals surface area contributed by atoms with E-state index in [1.807, 2.05) is 0 Å². The highest BCUT2D eigenvalue weighted by atomic mass is 35.5. The van der Waals surface area contributed by atoms with Gasteiger partial charge in [0.15, 0.2) is 0 Å². The van der Waals surface area contributed by atoms with E-state index >= 15 is 0 Å². The van der Waals surface area contributed by atoms with Gasteiger partial charge in [0, 0.05) is 17.0 Å². The number of alkyl halides is 1. The number of para-hydroxylation sites is 1. The summed E-state index contributed by atoms with van der Waals surface area (Å²) in [7, 11) is 0. The maximum Gasteiger partial charge on any atom is 0.277 e. The topological polar surface area (TPSA) is 60.2 Å². The maximum atomic E-state index is 10.9. The molecular weight excluding hydrogens is 218 g/mol. The Balaban J connectivity index is 3.37. The first kappa shape index (κ1) is 11.7. The lowest BCUT2D eigenvalue weighted by Gasteiger charge is -2.07. The molecule has 0 heterocycles. The molecule has 1 aromatic carbocycles. The summed E-state index contributed by atoms with van der Waals surface area (Å²) < 4.78 is 0. The van der Waals surface area contributed by atoms with Crippen molar-refractivity contribution in [2.45, 2.75) is 18.7 Å². The minimum atomic E-state index is -0.493. The lowest BCUT2D eigenvalue weighted by molar-refractivity contribution is -0.386. The fraction of sp³-hybridized carbons (Fsp3) is 0.300. The second-order valence-corrected chi connectivity index (χ2v) is 3.44. The molecular formula is C10H10ClNO3. The molecule has 80 valence electrons. The van der Waals surface area contributed by atoms with Crippen LogP contribution in [0, 0.1) is 10.1 Å². The Morgan fingerprint density at radius 1 is 1.60 bits per heavy atom.